The third-order valence-corrected chi connectivity index (χ3v) is 6.64. The zero-order chi connectivity index (χ0) is 24.5. The fourth-order valence-electron chi connectivity index (χ4n) is 4.46. The van der Waals surface area contributed by atoms with Gasteiger partial charge in [0.25, 0.3) is 5.89 Å². The van der Waals surface area contributed by atoms with Crippen LogP contribution in [-0.2, 0) is 4.74 Å². The van der Waals surface area contributed by atoms with Crippen LogP contribution in [0.5, 0.6) is 11.5 Å². The minimum atomic E-state index is -0.457. The lowest BCUT2D eigenvalue weighted by Gasteiger charge is -2.38. The van der Waals surface area contributed by atoms with Crippen LogP contribution >= 0.6 is 12.2 Å². The minimum absolute atomic E-state index is 0.00837. The summed E-state index contributed by atoms with van der Waals surface area (Å²) in [7, 11) is 1.50. The first-order chi connectivity index (χ1) is 16.9. The van der Waals surface area contributed by atoms with Gasteiger partial charge in [0, 0.05) is 17.9 Å². The summed E-state index contributed by atoms with van der Waals surface area (Å²) in [4.78, 5) is 6.61. The summed E-state index contributed by atoms with van der Waals surface area (Å²) < 4.78 is 30.1. The Morgan fingerprint density at radius 2 is 2.06 bits per heavy atom. The molecule has 2 aromatic carbocycles. The predicted molar refractivity (Wildman–Crippen MR) is 131 cm³/mol. The molecule has 0 saturated carbocycles. The number of phenolic OH excluding ortho intramolecular Hbond substituents is 1. The third-order valence-electron chi connectivity index (χ3n) is 6.30. The monoisotopic (exact) mass is 496 g/mol. The number of phenols is 1. The van der Waals surface area contributed by atoms with Crippen molar-refractivity contribution in [3.05, 3.63) is 65.4 Å². The lowest BCUT2D eigenvalue weighted by molar-refractivity contribution is 0.0962. The van der Waals surface area contributed by atoms with Gasteiger partial charge in [0.1, 0.15) is 5.82 Å². The highest BCUT2D eigenvalue weighted by molar-refractivity contribution is 7.80. The summed E-state index contributed by atoms with van der Waals surface area (Å²) in [5.41, 5.74) is 2.95. The van der Waals surface area contributed by atoms with E-state index >= 15 is 0 Å². The number of hydrogen-bond donors (Lipinski definition) is 2. The average Bonchev–Trinajstić information content (AvgIpc) is 3.54. The Hall–Kier alpha value is -3.50. The maximum Gasteiger partial charge on any atom is 0.258 e. The van der Waals surface area contributed by atoms with E-state index in [9.17, 15) is 9.50 Å². The van der Waals surface area contributed by atoms with Crippen molar-refractivity contribution in [2.75, 3.05) is 20.3 Å². The van der Waals surface area contributed by atoms with E-state index in [1.54, 1.807) is 24.3 Å². The number of ether oxygens (including phenoxy) is 2. The number of aromatic hydroxyl groups is 1. The van der Waals surface area contributed by atoms with Crippen LogP contribution in [-0.4, -0.2) is 51.6 Å². The minimum Gasteiger partial charge on any atom is -0.504 e. The molecule has 5 rings (SSSR count). The molecule has 182 valence electrons. The Balaban J connectivity index is 1.57. The molecule has 1 saturated heterocycles. The van der Waals surface area contributed by atoms with Crippen LogP contribution in [0.4, 0.5) is 4.39 Å². The third kappa shape index (κ3) is 4.59. The quantitative estimate of drug-likeness (QED) is 0.481. The second kappa shape index (κ2) is 9.63. The van der Waals surface area contributed by atoms with Gasteiger partial charge in [0.15, 0.2) is 16.6 Å². The zero-order valence-corrected chi connectivity index (χ0v) is 20.1. The van der Waals surface area contributed by atoms with Crippen molar-refractivity contribution < 1.29 is 23.5 Å². The van der Waals surface area contributed by atoms with Crippen molar-refractivity contribution in [3.63, 3.8) is 0 Å². The van der Waals surface area contributed by atoms with E-state index in [0.29, 0.717) is 34.7 Å². The number of hydrogen-bond acceptors (Lipinski definition) is 7. The van der Waals surface area contributed by atoms with Gasteiger partial charge < -0.3 is 29.3 Å². The number of aromatic nitrogens is 2. The molecule has 10 heteroatoms. The van der Waals surface area contributed by atoms with Gasteiger partial charge in [0.2, 0.25) is 5.82 Å². The van der Waals surface area contributed by atoms with Crippen molar-refractivity contribution in [3.8, 4) is 22.9 Å². The molecule has 0 amide bonds. The van der Waals surface area contributed by atoms with Crippen molar-refractivity contribution in [2.45, 2.75) is 31.9 Å². The summed E-state index contributed by atoms with van der Waals surface area (Å²) in [5, 5.41) is 18.5. The number of halogens is 1. The van der Waals surface area contributed by atoms with Gasteiger partial charge in [-0.15, -0.1) is 0 Å². The highest BCUT2D eigenvalue weighted by atomic mass is 32.1. The largest absolute Gasteiger partial charge is 0.504 e. The molecular weight excluding hydrogens is 471 g/mol. The second-order valence-electron chi connectivity index (χ2n) is 8.49. The van der Waals surface area contributed by atoms with Crippen molar-refractivity contribution in [1.82, 2.24) is 20.4 Å². The van der Waals surface area contributed by atoms with Crippen LogP contribution in [0.25, 0.3) is 17.0 Å². The van der Waals surface area contributed by atoms with Gasteiger partial charge in [-0.2, -0.15) is 4.98 Å². The second-order valence-corrected chi connectivity index (χ2v) is 8.88. The van der Waals surface area contributed by atoms with E-state index in [1.807, 2.05) is 17.9 Å². The van der Waals surface area contributed by atoms with Gasteiger partial charge in [-0.05, 0) is 73.9 Å². The van der Waals surface area contributed by atoms with Crippen molar-refractivity contribution in [1.29, 1.82) is 0 Å². The Bertz CT molecular complexity index is 1270. The number of benzene rings is 2. The fourth-order valence-corrected chi connectivity index (χ4v) is 4.79. The number of rotatable bonds is 6. The Morgan fingerprint density at radius 1 is 1.26 bits per heavy atom. The summed E-state index contributed by atoms with van der Waals surface area (Å²) in [5.74, 6) is 0.676. The zero-order valence-electron chi connectivity index (χ0n) is 19.3. The highest BCUT2D eigenvalue weighted by Crippen LogP contribution is 2.40. The summed E-state index contributed by atoms with van der Waals surface area (Å²) in [6.45, 7) is 3.29. The lowest BCUT2D eigenvalue weighted by atomic mass is 9.94. The maximum atomic E-state index is 13.4. The molecule has 35 heavy (non-hydrogen) atoms. The van der Waals surface area contributed by atoms with E-state index < -0.39 is 6.04 Å². The molecule has 2 unspecified atom stereocenters. The molecule has 0 aliphatic carbocycles. The van der Waals surface area contributed by atoms with Crippen LogP contribution in [0.15, 0.2) is 52.7 Å². The Kier molecular flexibility index (Phi) is 6.40. The topological polar surface area (TPSA) is 92.9 Å². The van der Waals surface area contributed by atoms with Gasteiger partial charge in [-0.1, -0.05) is 11.2 Å². The van der Waals surface area contributed by atoms with E-state index in [0.717, 1.165) is 36.3 Å². The molecule has 0 spiro atoms. The smallest absolute Gasteiger partial charge is 0.258 e. The van der Waals surface area contributed by atoms with Gasteiger partial charge in [-0.3, -0.25) is 0 Å². The SMILES string of the molecule is COc1ccc(C2NC(=S)N(CC3CCCO3)C(C)=C2c2nc(-c3ccc(F)cc3)no2)cc1O. The summed E-state index contributed by atoms with van der Waals surface area (Å²) in [6.07, 6.45) is 2.06. The first kappa shape index (κ1) is 23.3. The maximum absolute atomic E-state index is 13.4. The molecule has 2 aliphatic rings. The lowest BCUT2D eigenvalue weighted by Crippen LogP contribution is -2.48. The average molecular weight is 497 g/mol. The van der Waals surface area contributed by atoms with Crippen LogP contribution in [0.2, 0.25) is 0 Å². The van der Waals surface area contributed by atoms with Crippen LogP contribution in [0, 0.1) is 5.82 Å². The molecule has 1 fully saturated rings. The fraction of sp³-hybridized carbons (Fsp3) is 0.320. The number of methoxy groups -OCH3 is 1. The molecule has 2 N–H and O–H groups in total. The molecule has 3 heterocycles. The van der Waals surface area contributed by atoms with Gasteiger partial charge >= 0.3 is 0 Å². The van der Waals surface area contributed by atoms with E-state index in [-0.39, 0.29) is 17.7 Å². The number of thiocarbonyl (C=S) groups is 1. The van der Waals surface area contributed by atoms with Gasteiger partial charge in [0.05, 0.1) is 31.4 Å². The first-order valence-corrected chi connectivity index (χ1v) is 11.7. The standard InChI is InChI=1S/C25H25FN4O4S/c1-14-21(24-28-23(29-34-24)15-5-8-17(26)9-6-15)22(16-7-10-20(32-2)19(31)12-16)27-25(35)30(14)13-18-4-3-11-33-18/h5-10,12,18,22,31H,3-4,11,13H2,1-2H3,(H,27,35). The van der Waals surface area contributed by atoms with E-state index in [2.05, 4.69) is 15.5 Å². The summed E-state index contributed by atoms with van der Waals surface area (Å²) >= 11 is 5.73. The Morgan fingerprint density at radius 3 is 2.74 bits per heavy atom. The molecule has 0 bridgehead atoms. The van der Waals surface area contributed by atoms with Crippen LogP contribution in [0.3, 0.4) is 0 Å². The molecule has 8 nitrogen and oxygen atoms in total. The van der Waals surface area contributed by atoms with Gasteiger partial charge in [-0.25, -0.2) is 4.39 Å². The Labute approximate surface area is 207 Å². The molecule has 0 radical (unpaired) electrons. The van der Waals surface area contributed by atoms with Crippen LogP contribution < -0.4 is 10.1 Å². The number of nitrogens with zero attached hydrogens (tertiary/aromatic N) is 3. The molecule has 2 aliphatic heterocycles. The van der Waals surface area contributed by atoms with Crippen LogP contribution in [0.1, 0.15) is 37.3 Å². The van der Waals surface area contributed by atoms with Crippen molar-refractivity contribution in [2.24, 2.45) is 0 Å². The number of allylic oxidation sites excluding steroid dienone is 1. The molecular formula is C25H25FN4O4S. The molecule has 2 atom stereocenters. The summed E-state index contributed by atoms with van der Waals surface area (Å²) in [6, 6.07) is 10.6. The van der Waals surface area contributed by atoms with Crippen molar-refractivity contribution >= 4 is 22.9 Å². The highest BCUT2D eigenvalue weighted by Gasteiger charge is 2.35. The normalized spacial score (nSPS) is 20.3. The number of nitrogens with one attached hydrogen (secondary N) is 1. The molecule has 1 aromatic heterocycles. The first-order valence-electron chi connectivity index (χ1n) is 11.3. The predicted octanol–water partition coefficient (Wildman–Crippen LogP) is 4.43. The van der Waals surface area contributed by atoms with E-state index in [4.69, 9.17) is 26.2 Å². The molecule has 3 aromatic rings. The van der Waals surface area contributed by atoms with E-state index in [1.165, 1.54) is 19.2 Å².